The highest BCUT2D eigenvalue weighted by Gasteiger charge is 1.94. The van der Waals surface area contributed by atoms with Crippen LogP contribution in [0.3, 0.4) is 0 Å². The van der Waals surface area contributed by atoms with Crippen molar-refractivity contribution in [1.82, 2.24) is 4.98 Å². The molecule has 3 nitrogen and oxygen atoms in total. The lowest BCUT2D eigenvalue weighted by Crippen LogP contribution is -1.81. The molecule has 0 aliphatic carbocycles. The Morgan fingerprint density at radius 3 is 2.88 bits per heavy atom. The molecule has 1 heterocycles. The monoisotopic (exact) mass is 130 g/mol. The first-order valence-electron chi connectivity index (χ1n) is 2.08. The summed E-state index contributed by atoms with van der Waals surface area (Å²) < 4.78 is 4.84. The van der Waals surface area contributed by atoms with E-state index in [-0.39, 0.29) is 0 Å². The summed E-state index contributed by atoms with van der Waals surface area (Å²) in [5.74, 6) is 0.439. The molecule has 0 aliphatic heterocycles. The van der Waals surface area contributed by atoms with Crippen molar-refractivity contribution >= 4 is 17.6 Å². The lowest BCUT2D eigenvalue weighted by molar-refractivity contribution is 0.455. The summed E-state index contributed by atoms with van der Waals surface area (Å²) in [6.07, 6.45) is 3.30. The van der Waals surface area contributed by atoms with Gasteiger partial charge in [0.05, 0.1) is 0 Å². The minimum Gasteiger partial charge on any atom is -0.438 e. The summed E-state index contributed by atoms with van der Waals surface area (Å²) in [6, 6.07) is 0. The van der Waals surface area contributed by atoms with Crippen LogP contribution in [0.2, 0.25) is 0 Å². The molecule has 0 aromatic carbocycles. The van der Waals surface area contributed by atoms with E-state index in [2.05, 4.69) is 4.98 Å². The van der Waals surface area contributed by atoms with Crippen LogP contribution in [0.25, 0.3) is 0 Å². The van der Waals surface area contributed by atoms with Gasteiger partial charge in [-0.1, -0.05) is 11.8 Å². The molecule has 0 fully saturated rings. The summed E-state index contributed by atoms with van der Waals surface area (Å²) >= 11 is 1.43. The molecule has 1 rings (SSSR count). The highest BCUT2D eigenvalue weighted by atomic mass is 32.2. The van der Waals surface area contributed by atoms with E-state index in [9.17, 15) is 0 Å². The van der Waals surface area contributed by atoms with Crippen molar-refractivity contribution in [2.24, 2.45) is 0 Å². The quantitative estimate of drug-likeness (QED) is 0.576. The van der Waals surface area contributed by atoms with Gasteiger partial charge in [-0.2, -0.15) is 4.98 Å². The largest absolute Gasteiger partial charge is 0.438 e. The van der Waals surface area contributed by atoms with Crippen molar-refractivity contribution < 1.29 is 4.42 Å². The summed E-state index contributed by atoms with van der Waals surface area (Å²) in [7, 11) is 0. The molecule has 0 unspecified atom stereocenters. The molecule has 0 saturated heterocycles. The van der Waals surface area contributed by atoms with Gasteiger partial charge in [0.2, 0.25) is 0 Å². The highest BCUT2D eigenvalue weighted by Crippen LogP contribution is 2.13. The van der Waals surface area contributed by atoms with Crippen LogP contribution in [0, 0.1) is 0 Å². The third kappa shape index (κ3) is 0.949. The van der Waals surface area contributed by atoms with Gasteiger partial charge in [-0.3, -0.25) is 0 Å². The minimum absolute atomic E-state index is 0.439. The van der Waals surface area contributed by atoms with E-state index in [0.717, 1.165) is 0 Å². The summed E-state index contributed by atoms with van der Waals surface area (Å²) in [4.78, 5) is 3.80. The first-order chi connectivity index (χ1) is 3.83. The highest BCUT2D eigenvalue weighted by molar-refractivity contribution is 7.98. The number of hydrogen-bond acceptors (Lipinski definition) is 4. The number of nitrogens with zero attached hydrogens (tertiary/aromatic N) is 1. The van der Waals surface area contributed by atoms with Crippen molar-refractivity contribution in [1.29, 1.82) is 0 Å². The fourth-order valence-corrected chi connectivity index (χ4v) is 0.704. The molecule has 1 aromatic rings. The molecule has 0 bridgehead atoms. The second-order valence-electron chi connectivity index (χ2n) is 1.24. The van der Waals surface area contributed by atoms with E-state index in [4.69, 9.17) is 10.2 Å². The maximum atomic E-state index is 5.24. The van der Waals surface area contributed by atoms with Gasteiger partial charge in [0.15, 0.2) is 5.82 Å². The van der Waals surface area contributed by atoms with Crippen molar-refractivity contribution in [2.75, 3.05) is 12.0 Å². The molecule has 44 valence electrons. The maximum Gasteiger partial charge on any atom is 0.257 e. The van der Waals surface area contributed by atoms with Crippen molar-refractivity contribution in [3.8, 4) is 0 Å². The summed E-state index contributed by atoms with van der Waals surface area (Å²) in [5.41, 5.74) is 5.24. The van der Waals surface area contributed by atoms with E-state index in [1.807, 2.05) is 6.26 Å². The topological polar surface area (TPSA) is 52.0 Å². The lowest BCUT2D eigenvalue weighted by Gasteiger charge is -1.77. The molecule has 0 radical (unpaired) electrons. The minimum atomic E-state index is 0.439. The van der Waals surface area contributed by atoms with Crippen LogP contribution in [0.4, 0.5) is 5.82 Å². The van der Waals surface area contributed by atoms with E-state index >= 15 is 0 Å². The smallest absolute Gasteiger partial charge is 0.257 e. The Morgan fingerprint density at radius 1 is 1.88 bits per heavy atom. The average molecular weight is 130 g/mol. The fraction of sp³-hybridized carbons (Fsp3) is 0.250. The zero-order valence-electron chi connectivity index (χ0n) is 4.42. The molecule has 0 atom stereocenters. The van der Waals surface area contributed by atoms with Gasteiger partial charge in [-0.05, 0) is 6.26 Å². The van der Waals surface area contributed by atoms with Crippen LogP contribution in [0.5, 0.6) is 0 Å². The van der Waals surface area contributed by atoms with Gasteiger partial charge in [0.1, 0.15) is 6.26 Å². The SMILES string of the molecule is CSc1nc(N)co1. The van der Waals surface area contributed by atoms with Gasteiger partial charge in [-0.25, -0.2) is 0 Å². The van der Waals surface area contributed by atoms with Gasteiger partial charge in [-0.15, -0.1) is 0 Å². The molecule has 0 amide bonds. The Morgan fingerprint density at radius 2 is 2.62 bits per heavy atom. The van der Waals surface area contributed by atoms with Crippen molar-refractivity contribution in [3.63, 3.8) is 0 Å². The molecular weight excluding hydrogens is 124 g/mol. The number of nitrogen functional groups attached to an aromatic ring is 1. The van der Waals surface area contributed by atoms with Crippen LogP contribution in [-0.4, -0.2) is 11.2 Å². The predicted molar refractivity (Wildman–Crippen MR) is 32.7 cm³/mol. The molecule has 4 heteroatoms. The second-order valence-corrected chi connectivity index (χ2v) is 2.00. The van der Waals surface area contributed by atoms with Crippen LogP contribution in [0.1, 0.15) is 0 Å². The Hall–Kier alpha value is -0.640. The third-order valence-corrected chi connectivity index (χ3v) is 1.21. The van der Waals surface area contributed by atoms with E-state index < -0.39 is 0 Å². The maximum absolute atomic E-state index is 5.24. The lowest BCUT2D eigenvalue weighted by atomic mass is 10.8. The summed E-state index contributed by atoms with van der Waals surface area (Å²) in [6.45, 7) is 0. The zero-order valence-corrected chi connectivity index (χ0v) is 5.23. The van der Waals surface area contributed by atoms with Crippen LogP contribution in [-0.2, 0) is 0 Å². The Balaban J connectivity index is 2.84. The number of nitrogens with two attached hydrogens (primary N) is 1. The van der Waals surface area contributed by atoms with E-state index in [0.29, 0.717) is 11.0 Å². The first-order valence-corrected chi connectivity index (χ1v) is 3.30. The predicted octanol–water partition coefficient (Wildman–Crippen LogP) is 0.979. The number of anilines is 1. The average Bonchev–Trinajstić information content (AvgIpc) is 2.14. The normalized spacial score (nSPS) is 9.62. The van der Waals surface area contributed by atoms with Crippen molar-refractivity contribution in [3.05, 3.63) is 6.26 Å². The Kier molecular flexibility index (Phi) is 1.43. The summed E-state index contributed by atoms with van der Waals surface area (Å²) in [5, 5.41) is 0.613. The molecular formula is C4H6N2OS. The van der Waals surface area contributed by atoms with Gasteiger partial charge >= 0.3 is 0 Å². The van der Waals surface area contributed by atoms with E-state index in [1.54, 1.807) is 0 Å². The molecule has 0 saturated carbocycles. The number of hydrogen-bond donors (Lipinski definition) is 1. The van der Waals surface area contributed by atoms with Crippen LogP contribution in [0.15, 0.2) is 15.9 Å². The first kappa shape index (κ1) is 5.50. The van der Waals surface area contributed by atoms with Gasteiger partial charge in [0, 0.05) is 0 Å². The molecule has 8 heavy (non-hydrogen) atoms. The van der Waals surface area contributed by atoms with Crippen molar-refractivity contribution in [2.45, 2.75) is 5.22 Å². The molecule has 2 N–H and O–H groups in total. The van der Waals surface area contributed by atoms with Crippen LogP contribution < -0.4 is 5.73 Å². The number of thioether (sulfide) groups is 1. The van der Waals surface area contributed by atoms with Gasteiger partial charge in [0.25, 0.3) is 5.22 Å². The zero-order chi connectivity index (χ0) is 5.98. The number of rotatable bonds is 1. The van der Waals surface area contributed by atoms with Crippen LogP contribution >= 0.6 is 11.8 Å². The number of aromatic nitrogens is 1. The van der Waals surface area contributed by atoms with Gasteiger partial charge < -0.3 is 10.2 Å². The molecule has 0 spiro atoms. The second kappa shape index (κ2) is 2.09. The van der Waals surface area contributed by atoms with E-state index in [1.165, 1.54) is 18.0 Å². The Bertz CT molecular complexity index is 174. The third-order valence-electron chi connectivity index (χ3n) is 0.675. The fourth-order valence-electron chi connectivity index (χ4n) is 0.363. The molecule has 0 aliphatic rings. The Labute approximate surface area is 51.3 Å². The molecule has 1 aromatic heterocycles. The standard InChI is InChI=1S/C4H6N2OS/c1-8-4-6-3(5)2-7-4/h2H,5H2,1H3. The number of oxazole rings is 1.